The molecule has 0 fully saturated rings. The predicted molar refractivity (Wildman–Crippen MR) is 58.1 cm³/mol. The van der Waals surface area contributed by atoms with Gasteiger partial charge in [-0.05, 0) is 6.92 Å². The van der Waals surface area contributed by atoms with E-state index in [9.17, 15) is 14.4 Å². The van der Waals surface area contributed by atoms with E-state index in [1.54, 1.807) is 6.92 Å². The second-order valence-electron chi connectivity index (χ2n) is 3.42. The summed E-state index contributed by atoms with van der Waals surface area (Å²) in [5.41, 5.74) is 10.4. The van der Waals surface area contributed by atoms with Gasteiger partial charge in [0.25, 0.3) is 0 Å². The highest BCUT2D eigenvalue weighted by molar-refractivity contribution is 5.90. The quantitative estimate of drug-likeness (QED) is 0.479. The van der Waals surface area contributed by atoms with Gasteiger partial charge in [-0.1, -0.05) is 0 Å². The molecule has 1 unspecified atom stereocenters. The van der Waals surface area contributed by atoms with Crippen molar-refractivity contribution in [1.82, 2.24) is 10.2 Å². The van der Waals surface area contributed by atoms with E-state index < -0.39 is 17.9 Å². The fourth-order valence-corrected chi connectivity index (χ4v) is 1.13. The van der Waals surface area contributed by atoms with Crippen molar-refractivity contribution in [1.29, 1.82) is 0 Å². The summed E-state index contributed by atoms with van der Waals surface area (Å²) in [7, 11) is 1.44. The summed E-state index contributed by atoms with van der Waals surface area (Å²) in [6.45, 7) is 2.19. The lowest BCUT2D eigenvalue weighted by molar-refractivity contribution is -0.136. The van der Waals surface area contributed by atoms with Crippen LogP contribution in [0.3, 0.4) is 0 Å². The molecule has 0 radical (unpaired) electrons. The van der Waals surface area contributed by atoms with Gasteiger partial charge < -0.3 is 21.7 Å². The van der Waals surface area contributed by atoms with Crippen molar-refractivity contribution in [2.45, 2.75) is 19.4 Å². The second kappa shape index (κ2) is 6.78. The Bertz CT molecular complexity index is 280. The van der Waals surface area contributed by atoms with E-state index in [1.165, 1.54) is 11.9 Å². The highest BCUT2D eigenvalue weighted by Gasteiger charge is 2.21. The third kappa shape index (κ3) is 5.30. The summed E-state index contributed by atoms with van der Waals surface area (Å²) in [5, 5.41) is 2.55. The molecule has 0 spiro atoms. The van der Waals surface area contributed by atoms with Gasteiger partial charge >= 0.3 is 0 Å². The molecule has 0 rings (SSSR count). The first-order chi connectivity index (χ1) is 7.38. The van der Waals surface area contributed by atoms with Crippen LogP contribution in [0.15, 0.2) is 0 Å². The number of primary amides is 1. The lowest BCUT2D eigenvalue weighted by atomic mass is 10.2. The zero-order valence-electron chi connectivity index (χ0n) is 9.53. The van der Waals surface area contributed by atoms with Crippen LogP contribution in [-0.4, -0.2) is 48.8 Å². The first-order valence-electron chi connectivity index (χ1n) is 4.94. The Hall–Kier alpha value is -1.63. The van der Waals surface area contributed by atoms with Crippen LogP contribution in [0.4, 0.5) is 0 Å². The molecule has 0 aromatic heterocycles. The fraction of sp³-hybridized carbons (Fsp3) is 0.667. The van der Waals surface area contributed by atoms with Gasteiger partial charge in [0, 0.05) is 13.6 Å². The number of rotatable bonds is 6. The van der Waals surface area contributed by atoms with Crippen LogP contribution < -0.4 is 16.8 Å². The minimum atomic E-state index is -0.989. The van der Waals surface area contributed by atoms with E-state index in [0.29, 0.717) is 6.54 Å². The zero-order valence-corrected chi connectivity index (χ0v) is 9.53. The SMILES string of the molecule is CCNC(=O)CN(C)C(=O)C(N)CC(N)=O. The van der Waals surface area contributed by atoms with E-state index in [2.05, 4.69) is 5.32 Å². The number of carbonyl (C=O) groups is 3. The van der Waals surface area contributed by atoms with Crippen LogP contribution in [-0.2, 0) is 14.4 Å². The zero-order chi connectivity index (χ0) is 12.7. The Labute approximate surface area is 94.1 Å². The summed E-state index contributed by atoms with van der Waals surface area (Å²) in [4.78, 5) is 34.4. The second-order valence-corrected chi connectivity index (χ2v) is 3.42. The molecule has 16 heavy (non-hydrogen) atoms. The molecule has 3 amide bonds. The standard InChI is InChI=1S/C9H18N4O3/c1-3-12-8(15)5-13(2)9(16)6(10)4-7(11)14/h6H,3-5,10H2,1-2H3,(H2,11,14)(H,12,15). The normalized spacial score (nSPS) is 11.7. The van der Waals surface area contributed by atoms with Crippen molar-refractivity contribution in [3.05, 3.63) is 0 Å². The van der Waals surface area contributed by atoms with Gasteiger partial charge in [0.1, 0.15) is 0 Å². The van der Waals surface area contributed by atoms with E-state index in [0.717, 1.165) is 0 Å². The van der Waals surface area contributed by atoms with Gasteiger partial charge in [-0.3, -0.25) is 14.4 Å². The van der Waals surface area contributed by atoms with Gasteiger partial charge in [0.2, 0.25) is 17.7 Å². The van der Waals surface area contributed by atoms with Crippen molar-refractivity contribution in [3.63, 3.8) is 0 Å². The van der Waals surface area contributed by atoms with Crippen molar-refractivity contribution < 1.29 is 14.4 Å². The number of nitrogens with zero attached hydrogens (tertiary/aromatic N) is 1. The number of likely N-dealkylation sites (N-methyl/N-ethyl adjacent to an activating group) is 2. The number of amides is 3. The third-order valence-corrected chi connectivity index (χ3v) is 1.87. The summed E-state index contributed by atoms with van der Waals surface area (Å²) in [6, 6.07) is -0.989. The smallest absolute Gasteiger partial charge is 0.240 e. The Kier molecular flexibility index (Phi) is 6.09. The molecule has 0 aromatic rings. The topological polar surface area (TPSA) is 119 Å². The molecule has 92 valence electrons. The molecule has 0 aliphatic heterocycles. The molecular formula is C9H18N4O3. The summed E-state index contributed by atoms with van der Waals surface area (Å²) in [5.74, 6) is -1.40. The molecule has 0 heterocycles. The molecule has 0 aliphatic carbocycles. The minimum Gasteiger partial charge on any atom is -0.370 e. The van der Waals surface area contributed by atoms with Crippen LogP contribution in [0.5, 0.6) is 0 Å². The maximum atomic E-state index is 11.5. The predicted octanol–water partition coefficient (Wildman–Crippen LogP) is -2.22. The van der Waals surface area contributed by atoms with Gasteiger partial charge in [0.15, 0.2) is 0 Å². The molecule has 0 aromatic carbocycles. The van der Waals surface area contributed by atoms with Gasteiger partial charge in [-0.25, -0.2) is 0 Å². The maximum Gasteiger partial charge on any atom is 0.240 e. The number of carbonyl (C=O) groups excluding carboxylic acids is 3. The first-order valence-corrected chi connectivity index (χ1v) is 4.94. The molecule has 1 atom stereocenters. The van der Waals surface area contributed by atoms with Crippen LogP contribution in [0.2, 0.25) is 0 Å². The lowest BCUT2D eigenvalue weighted by Crippen LogP contribution is -2.47. The lowest BCUT2D eigenvalue weighted by Gasteiger charge is -2.19. The van der Waals surface area contributed by atoms with Crippen LogP contribution >= 0.6 is 0 Å². The summed E-state index contributed by atoms with van der Waals surface area (Å²) >= 11 is 0. The number of hydrogen-bond donors (Lipinski definition) is 3. The van der Waals surface area contributed by atoms with Crippen molar-refractivity contribution >= 4 is 17.7 Å². The number of hydrogen-bond acceptors (Lipinski definition) is 4. The molecule has 5 N–H and O–H groups in total. The molecule has 0 saturated heterocycles. The van der Waals surface area contributed by atoms with Crippen molar-refractivity contribution in [3.8, 4) is 0 Å². The Morgan fingerprint density at radius 3 is 2.38 bits per heavy atom. The highest BCUT2D eigenvalue weighted by Crippen LogP contribution is 1.94. The molecule has 0 saturated carbocycles. The average molecular weight is 230 g/mol. The number of nitrogens with two attached hydrogens (primary N) is 2. The largest absolute Gasteiger partial charge is 0.370 e. The summed E-state index contributed by atoms with van der Waals surface area (Å²) < 4.78 is 0. The van der Waals surface area contributed by atoms with E-state index in [-0.39, 0.29) is 18.9 Å². The first kappa shape index (κ1) is 14.4. The summed E-state index contributed by atoms with van der Waals surface area (Å²) in [6.07, 6.45) is -0.224. The molecule has 0 aliphatic rings. The highest BCUT2D eigenvalue weighted by atomic mass is 16.2. The molecule has 0 bridgehead atoms. The molecule has 7 nitrogen and oxygen atoms in total. The Morgan fingerprint density at radius 2 is 1.94 bits per heavy atom. The molecule has 7 heteroatoms. The van der Waals surface area contributed by atoms with E-state index >= 15 is 0 Å². The van der Waals surface area contributed by atoms with Crippen LogP contribution in [0, 0.1) is 0 Å². The monoisotopic (exact) mass is 230 g/mol. The van der Waals surface area contributed by atoms with Gasteiger partial charge in [-0.15, -0.1) is 0 Å². The Balaban J connectivity index is 4.16. The van der Waals surface area contributed by atoms with Crippen LogP contribution in [0.1, 0.15) is 13.3 Å². The van der Waals surface area contributed by atoms with Crippen LogP contribution in [0.25, 0.3) is 0 Å². The Morgan fingerprint density at radius 1 is 1.38 bits per heavy atom. The van der Waals surface area contributed by atoms with E-state index in [4.69, 9.17) is 11.5 Å². The van der Waals surface area contributed by atoms with Crippen molar-refractivity contribution in [2.24, 2.45) is 11.5 Å². The fourth-order valence-electron chi connectivity index (χ4n) is 1.13. The molecular weight excluding hydrogens is 212 g/mol. The third-order valence-electron chi connectivity index (χ3n) is 1.87. The van der Waals surface area contributed by atoms with E-state index in [1.807, 2.05) is 0 Å². The minimum absolute atomic E-state index is 0.0842. The van der Waals surface area contributed by atoms with Gasteiger partial charge in [0.05, 0.1) is 19.0 Å². The van der Waals surface area contributed by atoms with Gasteiger partial charge in [-0.2, -0.15) is 0 Å². The van der Waals surface area contributed by atoms with Crippen molar-refractivity contribution in [2.75, 3.05) is 20.1 Å². The maximum absolute atomic E-state index is 11.5. The average Bonchev–Trinajstić information content (AvgIpc) is 2.15. The number of nitrogens with one attached hydrogen (secondary N) is 1.